The van der Waals surface area contributed by atoms with Crippen LogP contribution >= 0.6 is 0 Å². The van der Waals surface area contributed by atoms with E-state index in [2.05, 4.69) is 25.2 Å². The van der Waals surface area contributed by atoms with Gasteiger partial charge in [0.25, 0.3) is 0 Å². The highest BCUT2D eigenvalue weighted by Gasteiger charge is 2.52. The minimum absolute atomic E-state index is 0.286. The molecule has 0 aliphatic heterocycles. The normalized spacial score (nSPS) is 49.6. The van der Waals surface area contributed by atoms with Crippen LogP contribution in [0.3, 0.4) is 0 Å². The zero-order chi connectivity index (χ0) is 12.3. The molecular weight excluding hydrogens is 220 g/mol. The van der Waals surface area contributed by atoms with Gasteiger partial charge in [0.2, 0.25) is 0 Å². The van der Waals surface area contributed by atoms with Crippen LogP contribution in [-0.4, -0.2) is 5.78 Å². The fraction of sp³-hybridized carbons (Fsp3) is 0.706. The van der Waals surface area contributed by atoms with Crippen LogP contribution in [0.1, 0.15) is 39.0 Å². The van der Waals surface area contributed by atoms with E-state index >= 15 is 0 Å². The Labute approximate surface area is 109 Å². The molecule has 2 saturated carbocycles. The van der Waals surface area contributed by atoms with Gasteiger partial charge >= 0.3 is 0 Å². The molecule has 4 aliphatic carbocycles. The number of rotatable bonds is 0. The Balaban J connectivity index is 1.71. The molecule has 0 amide bonds. The van der Waals surface area contributed by atoms with Crippen LogP contribution < -0.4 is 0 Å². The largest absolute Gasteiger partial charge is 0.299 e. The third-order valence-corrected chi connectivity index (χ3v) is 6.18. The fourth-order valence-electron chi connectivity index (χ4n) is 5.07. The molecule has 1 nitrogen and oxygen atoms in total. The lowest BCUT2D eigenvalue weighted by Crippen LogP contribution is -2.37. The first-order chi connectivity index (χ1) is 8.75. The average molecular weight is 242 g/mol. The van der Waals surface area contributed by atoms with E-state index < -0.39 is 0 Å². The molecule has 18 heavy (non-hydrogen) atoms. The van der Waals surface area contributed by atoms with Gasteiger partial charge in [0, 0.05) is 17.8 Å². The van der Waals surface area contributed by atoms with Gasteiger partial charge in [-0.3, -0.25) is 4.79 Å². The summed E-state index contributed by atoms with van der Waals surface area (Å²) in [5.41, 5.74) is 1.44. The highest BCUT2D eigenvalue weighted by atomic mass is 16.1. The molecule has 0 aromatic heterocycles. The van der Waals surface area contributed by atoms with E-state index in [0.29, 0.717) is 23.5 Å². The third kappa shape index (κ3) is 1.36. The number of allylic oxidation sites excluding steroid dienone is 4. The molecular formula is C17H22O. The summed E-state index contributed by atoms with van der Waals surface area (Å²) in [5, 5.41) is 0. The maximum atomic E-state index is 12.9. The molecule has 0 aromatic carbocycles. The Morgan fingerprint density at radius 2 is 2.06 bits per heavy atom. The summed E-state index contributed by atoms with van der Waals surface area (Å²) in [6.07, 6.45) is 13.2. The first-order valence-corrected chi connectivity index (χ1v) is 7.62. The maximum Gasteiger partial charge on any atom is 0.140 e. The Hall–Kier alpha value is -0.850. The topological polar surface area (TPSA) is 17.1 Å². The molecule has 0 radical (unpaired) electrons. The third-order valence-electron chi connectivity index (χ3n) is 6.18. The van der Waals surface area contributed by atoms with E-state index in [-0.39, 0.29) is 5.92 Å². The SMILES string of the molecule is CC1=CC[C@@H]2C[C@@H]3CC[C@@H]3[C@@H]2C(=O)[C@@H]2CC=C[C@@H]12. The van der Waals surface area contributed by atoms with Crippen molar-refractivity contribution in [2.24, 2.45) is 35.5 Å². The van der Waals surface area contributed by atoms with Gasteiger partial charge in [-0.05, 0) is 56.8 Å². The molecule has 0 saturated heterocycles. The summed E-state index contributed by atoms with van der Waals surface area (Å²) in [5.74, 6) is 4.08. The number of hydrogen-bond acceptors (Lipinski definition) is 1. The van der Waals surface area contributed by atoms with Crippen molar-refractivity contribution in [3.05, 3.63) is 23.8 Å². The second-order valence-corrected chi connectivity index (χ2v) is 6.91. The first kappa shape index (κ1) is 11.0. The van der Waals surface area contributed by atoms with Crippen molar-refractivity contribution in [2.45, 2.75) is 39.0 Å². The molecule has 0 spiro atoms. The predicted molar refractivity (Wildman–Crippen MR) is 71.9 cm³/mol. The molecule has 0 unspecified atom stereocenters. The lowest BCUT2D eigenvalue weighted by Gasteiger charge is -2.36. The molecule has 4 rings (SSSR count). The molecule has 96 valence electrons. The molecule has 0 N–H and O–H groups in total. The van der Waals surface area contributed by atoms with Gasteiger partial charge in [-0.25, -0.2) is 0 Å². The minimum atomic E-state index is 0.286. The molecule has 0 heterocycles. The van der Waals surface area contributed by atoms with Crippen molar-refractivity contribution >= 4 is 5.78 Å². The van der Waals surface area contributed by atoms with E-state index in [1.807, 2.05) is 0 Å². The van der Waals surface area contributed by atoms with Gasteiger partial charge in [0.1, 0.15) is 5.78 Å². The summed E-state index contributed by atoms with van der Waals surface area (Å²) in [6.45, 7) is 2.23. The molecule has 6 atom stereocenters. The van der Waals surface area contributed by atoms with Crippen LogP contribution in [0.4, 0.5) is 0 Å². The zero-order valence-corrected chi connectivity index (χ0v) is 11.1. The number of carbonyl (C=O) groups excluding carboxylic acids is 1. The zero-order valence-electron chi connectivity index (χ0n) is 11.1. The number of carbonyl (C=O) groups is 1. The summed E-state index contributed by atoms with van der Waals surface area (Å²) in [7, 11) is 0. The van der Waals surface area contributed by atoms with Gasteiger partial charge in [0.15, 0.2) is 0 Å². The quantitative estimate of drug-likeness (QED) is 0.591. The van der Waals surface area contributed by atoms with Crippen LogP contribution in [0.15, 0.2) is 23.8 Å². The fourth-order valence-corrected chi connectivity index (χ4v) is 5.07. The van der Waals surface area contributed by atoms with E-state index in [9.17, 15) is 4.79 Å². The van der Waals surface area contributed by atoms with Crippen LogP contribution in [0.25, 0.3) is 0 Å². The van der Waals surface area contributed by atoms with E-state index in [4.69, 9.17) is 0 Å². The van der Waals surface area contributed by atoms with Crippen LogP contribution in [-0.2, 0) is 4.79 Å². The highest BCUT2D eigenvalue weighted by molar-refractivity contribution is 5.86. The maximum absolute atomic E-state index is 12.9. The van der Waals surface area contributed by atoms with Gasteiger partial charge in [-0.1, -0.05) is 23.8 Å². The Morgan fingerprint density at radius 1 is 1.17 bits per heavy atom. The summed E-state index contributed by atoms with van der Waals surface area (Å²) in [4.78, 5) is 12.9. The molecule has 0 aromatic rings. The van der Waals surface area contributed by atoms with Crippen molar-refractivity contribution in [2.75, 3.05) is 0 Å². The Morgan fingerprint density at radius 3 is 2.83 bits per heavy atom. The molecule has 1 heteroatoms. The number of fused-ring (bicyclic) bond motifs is 4. The van der Waals surface area contributed by atoms with Crippen molar-refractivity contribution < 1.29 is 4.79 Å². The minimum Gasteiger partial charge on any atom is -0.299 e. The summed E-state index contributed by atoms with van der Waals surface area (Å²) < 4.78 is 0. The van der Waals surface area contributed by atoms with Crippen molar-refractivity contribution in [1.29, 1.82) is 0 Å². The summed E-state index contributed by atoms with van der Waals surface area (Å²) in [6, 6.07) is 0. The van der Waals surface area contributed by atoms with E-state index in [1.54, 1.807) is 0 Å². The van der Waals surface area contributed by atoms with Gasteiger partial charge < -0.3 is 0 Å². The van der Waals surface area contributed by atoms with Crippen LogP contribution in [0.5, 0.6) is 0 Å². The summed E-state index contributed by atoms with van der Waals surface area (Å²) >= 11 is 0. The number of hydrogen-bond donors (Lipinski definition) is 0. The number of Topliss-reactive ketones (excluding diaryl/α,β-unsaturated/α-hetero) is 1. The van der Waals surface area contributed by atoms with Crippen molar-refractivity contribution in [3.8, 4) is 0 Å². The second kappa shape index (κ2) is 3.82. The average Bonchev–Trinajstić information content (AvgIpc) is 2.89. The second-order valence-electron chi connectivity index (χ2n) is 6.91. The Bertz CT molecular complexity index is 445. The van der Waals surface area contributed by atoms with Crippen molar-refractivity contribution in [3.63, 3.8) is 0 Å². The van der Waals surface area contributed by atoms with Gasteiger partial charge in [0.05, 0.1) is 0 Å². The van der Waals surface area contributed by atoms with Gasteiger partial charge in [-0.15, -0.1) is 0 Å². The molecule has 0 bridgehead atoms. The van der Waals surface area contributed by atoms with E-state index in [1.165, 1.54) is 24.8 Å². The van der Waals surface area contributed by atoms with Crippen molar-refractivity contribution in [1.82, 2.24) is 0 Å². The highest BCUT2D eigenvalue weighted by Crippen LogP contribution is 2.56. The standard InChI is InChI=1S/C17H22O/c1-10-5-6-12-9-11-7-8-14(11)16(12)17(18)15-4-2-3-13(10)15/h2-3,5,11-16H,4,6-9H2,1H3/t11-,12+,13-,14-,15+,16+/m0/s1. The molecule has 2 fully saturated rings. The Kier molecular flexibility index (Phi) is 2.34. The van der Waals surface area contributed by atoms with Crippen LogP contribution in [0, 0.1) is 35.5 Å². The van der Waals surface area contributed by atoms with Gasteiger partial charge in [-0.2, -0.15) is 0 Å². The molecule has 4 aliphatic rings. The lowest BCUT2D eigenvalue weighted by atomic mass is 9.67. The lowest BCUT2D eigenvalue weighted by molar-refractivity contribution is -0.131. The van der Waals surface area contributed by atoms with E-state index in [0.717, 1.165) is 24.7 Å². The number of ketones is 1. The smallest absolute Gasteiger partial charge is 0.140 e. The monoisotopic (exact) mass is 242 g/mol. The van der Waals surface area contributed by atoms with Crippen LogP contribution in [0.2, 0.25) is 0 Å². The first-order valence-electron chi connectivity index (χ1n) is 7.62. The predicted octanol–water partition coefficient (Wildman–Crippen LogP) is 3.76.